The van der Waals surface area contributed by atoms with Crippen molar-refractivity contribution in [1.82, 2.24) is 10.3 Å². The number of hydrogen-bond donors (Lipinski definition) is 1. The third-order valence-corrected chi connectivity index (χ3v) is 4.74. The quantitative estimate of drug-likeness (QED) is 0.750. The Morgan fingerprint density at radius 2 is 1.88 bits per heavy atom. The highest BCUT2D eigenvalue weighted by Gasteiger charge is 2.07. The van der Waals surface area contributed by atoms with Gasteiger partial charge in [-0.15, -0.1) is 11.3 Å². The Kier molecular flexibility index (Phi) is 5.06. The van der Waals surface area contributed by atoms with Crippen LogP contribution in [-0.2, 0) is 6.42 Å². The molecule has 1 amide bonds. The van der Waals surface area contributed by atoms with Crippen molar-refractivity contribution in [3.05, 3.63) is 76.3 Å². The summed E-state index contributed by atoms with van der Waals surface area (Å²) in [5.41, 5.74) is 5.19. The maximum atomic E-state index is 12.1. The summed E-state index contributed by atoms with van der Waals surface area (Å²) in [6, 6.07) is 16.0. The summed E-state index contributed by atoms with van der Waals surface area (Å²) in [6.45, 7) is 4.65. The third kappa shape index (κ3) is 4.09. The molecule has 4 heteroatoms. The SMILES string of the molecule is Cc1ccc(-c2nc(CCNC(=O)c3cccc(C)c3)cs2)cc1. The maximum absolute atomic E-state index is 12.1. The molecule has 0 fully saturated rings. The smallest absolute Gasteiger partial charge is 0.251 e. The molecule has 0 radical (unpaired) electrons. The van der Waals surface area contributed by atoms with Gasteiger partial charge in [-0.2, -0.15) is 0 Å². The first-order chi connectivity index (χ1) is 11.6. The van der Waals surface area contributed by atoms with E-state index in [-0.39, 0.29) is 5.91 Å². The number of rotatable bonds is 5. The first-order valence-corrected chi connectivity index (χ1v) is 8.86. The van der Waals surface area contributed by atoms with Gasteiger partial charge in [0.05, 0.1) is 5.69 Å². The van der Waals surface area contributed by atoms with Crippen LogP contribution in [-0.4, -0.2) is 17.4 Å². The summed E-state index contributed by atoms with van der Waals surface area (Å²) in [6.07, 6.45) is 0.736. The third-order valence-electron chi connectivity index (χ3n) is 3.80. The first kappa shape index (κ1) is 16.4. The van der Waals surface area contributed by atoms with Gasteiger partial charge >= 0.3 is 0 Å². The summed E-state index contributed by atoms with van der Waals surface area (Å²) in [5, 5.41) is 6.04. The molecule has 0 aliphatic rings. The average Bonchev–Trinajstić information content (AvgIpc) is 3.04. The highest BCUT2D eigenvalue weighted by molar-refractivity contribution is 7.13. The molecule has 0 saturated heterocycles. The van der Waals surface area contributed by atoms with Crippen LogP contribution in [0.3, 0.4) is 0 Å². The normalized spacial score (nSPS) is 10.6. The number of hydrogen-bond acceptors (Lipinski definition) is 3. The molecule has 1 aromatic heterocycles. The van der Waals surface area contributed by atoms with Crippen LogP contribution in [0.15, 0.2) is 53.9 Å². The van der Waals surface area contributed by atoms with Crippen LogP contribution in [0.25, 0.3) is 10.6 Å². The van der Waals surface area contributed by atoms with E-state index in [1.165, 1.54) is 5.56 Å². The van der Waals surface area contributed by atoms with Gasteiger partial charge in [0.2, 0.25) is 0 Å². The molecule has 2 aromatic carbocycles. The van der Waals surface area contributed by atoms with E-state index in [4.69, 9.17) is 0 Å². The van der Waals surface area contributed by atoms with Gasteiger partial charge in [-0.3, -0.25) is 4.79 Å². The second-order valence-corrected chi connectivity index (χ2v) is 6.74. The zero-order valence-electron chi connectivity index (χ0n) is 13.9. The lowest BCUT2D eigenvalue weighted by molar-refractivity contribution is 0.0954. The Labute approximate surface area is 146 Å². The highest BCUT2D eigenvalue weighted by atomic mass is 32.1. The lowest BCUT2D eigenvalue weighted by atomic mass is 10.1. The predicted molar refractivity (Wildman–Crippen MR) is 99.5 cm³/mol. The van der Waals surface area contributed by atoms with E-state index in [1.807, 2.05) is 31.2 Å². The summed E-state index contributed by atoms with van der Waals surface area (Å²) in [4.78, 5) is 16.8. The van der Waals surface area contributed by atoms with Crippen molar-refractivity contribution in [2.45, 2.75) is 20.3 Å². The van der Waals surface area contributed by atoms with Gasteiger partial charge in [0.1, 0.15) is 5.01 Å². The van der Waals surface area contributed by atoms with E-state index >= 15 is 0 Å². The van der Waals surface area contributed by atoms with Crippen molar-refractivity contribution in [3.63, 3.8) is 0 Å². The van der Waals surface area contributed by atoms with E-state index in [1.54, 1.807) is 11.3 Å². The number of aryl methyl sites for hydroxylation is 2. The molecule has 3 aromatic rings. The van der Waals surface area contributed by atoms with Crippen LogP contribution in [0.4, 0.5) is 0 Å². The minimum atomic E-state index is -0.0345. The number of benzene rings is 2. The molecule has 24 heavy (non-hydrogen) atoms. The topological polar surface area (TPSA) is 42.0 Å². The molecule has 0 atom stereocenters. The molecular weight excluding hydrogens is 316 g/mol. The lowest BCUT2D eigenvalue weighted by Gasteiger charge is -2.04. The van der Waals surface area contributed by atoms with Crippen LogP contribution in [0.2, 0.25) is 0 Å². The van der Waals surface area contributed by atoms with E-state index in [2.05, 4.69) is 46.9 Å². The van der Waals surface area contributed by atoms with Crippen molar-refractivity contribution in [2.75, 3.05) is 6.54 Å². The number of amides is 1. The van der Waals surface area contributed by atoms with Crippen LogP contribution in [0, 0.1) is 13.8 Å². The van der Waals surface area contributed by atoms with Crippen molar-refractivity contribution in [2.24, 2.45) is 0 Å². The molecule has 3 rings (SSSR count). The molecule has 1 N–H and O–H groups in total. The van der Waals surface area contributed by atoms with Crippen LogP contribution >= 0.6 is 11.3 Å². The van der Waals surface area contributed by atoms with E-state index < -0.39 is 0 Å². The van der Waals surface area contributed by atoms with Crippen molar-refractivity contribution in [1.29, 1.82) is 0 Å². The minimum absolute atomic E-state index is 0.0345. The Hall–Kier alpha value is -2.46. The van der Waals surface area contributed by atoms with Crippen LogP contribution in [0.1, 0.15) is 27.2 Å². The van der Waals surface area contributed by atoms with Crippen LogP contribution in [0.5, 0.6) is 0 Å². The molecule has 0 aliphatic heterocycles. The van der Waals surface area contributed by atoms with Crippen LogP contribution < -0.4 is 5.32 Å². The maximum Gasteiger partial charge on any atom is 0.251 e. The monoisotopic (exact) mass is 336 g/mol. The molecule has 122 valence electrons. The zero-order chi connectivity index (χ0) is 16.9. The number of thiazole rings is 1. The summed E-state index contributed by atoms with van der Waals surface area (Å²) < 4.78 is 0. The second-order valence-electron chi connectivity index (χ2n) is 5.89. The first-order valence-electron chi connectivity index (χ1n) is 7.98. The van der Waals surface area contributed by atoms with Gasteiger partial charge in [-0.25, -0.2) is 4.98 Å². The highest BCUT2D eigenvalue weighted by Crippen LogP contribution is 2.24. The standard InChI is InChI=1S/C20H20N2OS/c1-14-6-8-16(9-7-14)20-22-18(13-24-20)10-11-21-19(23)17-5-3-4-15(2)12-17/h3-9,12-13H,10-11H2,1-2H3,(H,21,23). The molecular formula is C20H20N2OS. The minimum Gasteiger partial charge on any atom is -0.352 e. The van der Waals surface area contributed by atoms with E-state index in [0.717, 1.165) is 28.2 Å². The Morgan fingerprint density at radius 3 is 2.62 bits per heavy atom. The van der Waals surface area contributed by atoms with Crippen molar-refractivity contribution >= 4 is 17.2 Å². The van der Waals surface area contributed by atoms with Crippen molar-refractivity contribution < 1.29 is 4.79 Å². The number of carbonyl (C=O) groups excluding carboxylic acids is 1. The number of nitrogens with one attached hydrogen (secondary N) is 1. The fourth-order valence-corrected chi connectivity index (χ4v) is 3.30. The van der Waals surface area contributed by atoms with Gasteiger partial charge in [-0.05, 0) is 26.0 Å². The van der Waals surface area contributed by atoms with Crippen molar-refractivity contribution in [3.8, 4) is 10.6 Å². The number of nitrogens with zero attached hydrogens (tertiary/aromatic N) is 1. The van der Waals surface area contributed by atoms with E-state index in [9.17, 15) is 4.79 Å². The van der Waals surface area contributed by atoms with Gasteiger partial charge in [0, 0.05) is 29.5 Å². The molecule has 0 aliphatic carbocycles. The Bertz CT molecular complexity index is 837. The average molecular weight is 336 g/mol. The van der Waals surface area contributed by atoms with Gasteiger partial charge in [-0.1, -0.05) is 47.5 Å². The summed E-state index contributed by atoms with van der Waals surface area (Å²) in [5.74, 6) is -0.0345. The zero-order valence-corrected chi connectivity index (χ0v) is 14.7. The summed E-state index contributed by atoms with van der Waals surface area (Å²) >= 11 is 1.64. The molecule has 0 spiro atoms. The summed E-state index contributed by atoms with van der Waals surface area (Å²) in [7, 11) is 0. The second kappa shape index (κ2) is 7.41. The molecule has 0 saturated carbocycles. The number of carbonyl (C=O) groups is 1. The molecule has 0 bridgehead atoms. The van der Waals surface area contributed by atoms with Gasteiger partial charge in [0.15, 0.2) is 0 Å². The Morgan fingerprint density at radius 1 is 1.08 bits per heavy atom. The van der Waals surface area contributed by atoms with Gasteiger partial charge < -0.3 is 5.32 Å². The molecule has 3 nitrogen and oxygen atoms in total. The van der Waals surface area contributed by atoms with Gasteiger partial charge in [0.25, 0.3) is 5.91 Å². The molecule has 0 unspecified atom stereocenters. The number of aromatic nitrogens is 1. The predicted octanol–water partition coefficient (Wildman–Crippen LogP) is 4.40. The Balaban J connectivity index is 1.56. The fraction of sp³-hybridized carbons (Fsp3) is 0.200. The molecule has 1 heterocycles. The lowest BCUT2D eigenvalue weighted by Crippen LogP contribution is -2.25. The van der Waals surface area contributed by atoms with E-state index in [0.29, 0.717) is 12.1 Å². The fourth-order valence-electron chi connectivity index (χ4n) is 2.44. The largest absolute Gasteiger partial charge is 0.352 e.